The number of carboxylic acids is 1. The molecular weight excluding hydrogens is 220 g/mol. The largest absolute Gasteiger partial charge is 0.480 e. The molecule has 3 unspecified atom stereocenters. The minimum atomic E-state index is -0.545. The van der Waals surface area contributed by atoms with Crippen LogP contribution in [0, 0.1) is 11.8 Å². The normalized spacial score (nSPS) is 39.8. The van der Waals surface area contributed by atoms with E-state index in [0.717, 1.165) is 37.4 Å². The second kappa shape index (κ2) is 4.99. The Balaban J connectivity index is 2.11. The Kier molecular flexibility index (Phi) is 3.83. The van der Waals surface area contributed by atoms with Crippen molar-refractivity contribution in [2.24, 2.45) is 11.8 Å². The van der Waals surface area contributed by atoms with Gasteiger partial charge in [-0.25, -0.2) is 0 Å². The van der Waals surface area contributed by atoms with Gasteiger partial charge in [0.05, 0.1) is 0 Å². The molecule has 0 radical (unpaired) electrons. The summed E-state index contributed by atoms with van der Waals surface area (Å²) < 4.78 is -0.423. The predicted octanol–water partition coefficient (Wildman–Crippen LogP) is 3.55. The first kappa shape index (κ1) is 12.3. The summed E-state index contributed by atoms with van der Waals surface area (Å²) in [4.78, 5) is 11.6. The molecule has 1 heterocycles. The van der Waals surface area contributed by atoms with E-state index in [1.54, 1.807) is 11.8 Å². The first-order chi connectivity index (χ1) is 7.69. The molecule has 0 spiro atoms. The Hall–Kier alpha value is -0.180. The van der Waals surface area contributed by atoms with Gasteiger partial charge in [-0.15, -0.1) is 11.8 Å². The zero-order valence-electron chi connectivity index (χ0n) is 10.1. The van der Waals surface area contributed by atoms with Gasteiger partial charge in [-0.3, -0.25) is 4.79 Å². The molecule has 0 aromatic carbocycles. The first-order valence-corrected chi connectivity index (χ1v) is 7.55. The van der Waals surface area contributed by atoms with E-state index in [4.69, 9.17) is 0 Å². The zero-order valence-corrected chi connectivity index (χ0v) is 10.9. The van der Waals surface area contributed by atoms with Gasteiger partial charge in [-0.05, 0) is 43.3 Å². The van der Waals surface area contributed by atoms with Crippen molar-refractivity contribution < 1.29 is 9.90 Å². The van der Waals surface area contributed by atoms with Crippen molar-refractivity contribution in [1.29, 1.82) is 0 Å². The maximum absolute atomic E-state index is 11.6. The second-order valence-electron chi connectivity index (χ2n) is 5.28. The number of hydrogen-bond acceptors (Lipinski definition) is 2. The van der Waals surface area contributed by atoms with Gasteiger partial charge in [0.1, 0.15) is 4.75 Å². The van der Waals surface area contributed by atoms with E-state index in [1.807, 2.05) is 0 Å². The lowest BCUT2D eigenvalue weighted by molar-refractivity contribution is -0.142. The molecule has 92 valence electrons. The molecule has 0 aromatic rings. The average molecular weight is 242 g/mol. The van der Waals surface area contributed by atoms with Crippen LogP contribution in [-0.2, 0) is 4.79 Å². The van der Waals surface area contributed by atoms with Gasteiger partial charge >= 0.3 is 5.97 Å². The van der Waals surface area contributed by atoms with E-state index in [1.165, 1.54) is 19.3 Å². The number of carboxylic acid groups (broad SMARTS) is 1. The van der Waals surface area contributed by atoms with Crippen LogP contribution in [0.4, 0.5) is 0 Å². The molecule has 2 aliphatic rings. The molecule has 3 atom stereocenters. The molecule has 0 bridgehead atoms. The lowest BCUT2D eigenvalue weighted by Crippen LogP contribution is -2.42. The standard InChI is InChI=1S/C13H22O2S/c1-2-10-5-3-6-11(9-10)13(12(14)15)7-4-8-16-13/h10-11H,2-9H2,1H3,(H,14,15). The molecule has 3 heteroatoms. The van der Waals surface area contributed by atoms with E-state index in [2.05, 4.69) is 6.92 Å². The minimum Gasteiger partial charge on any atom is -0.480 e. The van der Waals surface area contributed by atoms with E-state index in [-0.39, 0.29) is 0 Å². The maximum atomic E-state index is 11.6. The summed E-state index contributed by atoms with van der Waals surface area (Å²) in [5, 5.41) is 9.55. The van der Waals surface area contributed by atoms with Gasteiger partial charge in [0.25, 0.3) is 0 Å². The van der Waals surface area contributed by atoms with Crippen LogP contribution in [0.3, 0.4) is 0 Å². The molecule has 0 amide bonds. The van der Waals surface area contributed by atoms with Gasteiger partial charge in [0.15, 0.2) is 0 Å². The van der Waals surface area contributed by atoms with Crippen molar-refractivity contribution in [3.63, 3.8) is 0 Å². The van der Waals surface area contributed by atoms with Gasteiger partial charge in [-0.2, -0.15) is 0 Å². The van der Waals surface area contributed by atoms with Crippen LogP contribution >= 0.6 is 11.8 Å². The Morgan fingerprint density at radius 1 is 1.44 bits per heavy atom. The van der Waals surface area contributed by atoms with E-state index in [9.17, 15) is 9.90 Å². The number of thioether (sulfide) groups is 1. The second-order valence-corrected chi connectivity index (χ2v) is 6.71. The molecule has 1 saturated carbocycles. The minimum absolute atomic E-state index is 0.423. The highest BCUT2D eigenvalue weighted by atomic mass is 32.2. The van der Waals surface area contributed by atoms with E-state index in [0.29, 0.717) is 5.92 Å². The van der Waals surface area contributed by atoms with E-state index >= 15 is 0 Å². The van der Waals surface area contributed by atoms with Gasteiger partial charge in [0.2, 0.25) is 0 Å². The molecule has 1 aliphatic heterocycles. The highest BCUT2D eigenvalue weighted by molar-refractivity contribution is 8.01. The monoisotopic (exact) mass is 242 g/mol. The van der Waals surface area contributed by atoms with Crippen molar-refractivity contribution >= 4 is 17.7 Å². The molecule has 1 saturated heterocycles. The highest BCUT2D eigenvalue weighted by Gasteiger charge is 2.49. The Morgan fingerprint density at radius 2 is 2.25 bits per heavy atom. The topological polar surface area (TPSA) is 37.3 Å². The van der Waals surface area contributed by atoms with Crippen LogP contribution in [0.2, 0.25) is 0 Å². The lowest BCUT2D eigenvalue weighted by atomic mass is 9.72. The lowest BCUT2D eigenvalue weighted by Gasteiger charge is -2.38. The third-order valence-corrected chi connectivity index (χ3v) is 6.15. The van der Waals surface area contributed by atoms with Crippen molar-refractivity contribution in [2.75, 3.05) is 5.75 Å². The average Bonchev–Trinajstić information content (AvgIpc) is 2.79. The third kappa shape index (κ3) is 2.11. The Bertz CT molecular complexity index is 259. The fourth-order valence-corrected chi connectivity index (χ4v) is 4.93. The fraction of sp³-hybridized carbons (Fsp3) is 0.923. The summed E-state index contributed by atoms with van der Waals surface area (Å²) >= 11 is 1.72. The fourth-order valence-electron chi connectivity index (χ4n) is 3.41. The summed E-state index contributed by atoms with van der Waals surface area (Å²) in [6.07, 6.45) is 8.03. The van der Waals surface area contributed by atoms with Gasteiger partial charge < -0.3 is 5.11 Å². The molecule has 1 N–H and O–H groups in total. The molecule has 0 aromatic heterocycles. The molecule has 2 rings (SSSR count). The maximum Gasteiger partial charge on any atom is 0.320 e. The van der Waals surface area contributed by atoms with Crippen LogP contribution in [0.25, 0.3) is 0 Å². The first-order valence-electron chi connectivity index (χ1n) is 6.56. The van der Waals surface area contributed by atoms with Crippen molar-refractivity contribution in [3.8, 4) is 0 Å². The van der Waals surface area contributed by atoms with Gasteiger partial charge in [-0.1, -0.05) is 26.2 Å². The SMILES string of the molecule is CCC1CCCC(C2(C(=O)O)CCCS2)C1. The summed E-state index contributed by atoms with van der Waals surface area (Å²) in [5.41, 5.74) is 0. The smallest absolute Gasteiger partial charge is 0.320 e. The van der Waals surface area contributed by atoms with E-state index < -0.39 is 10.7 Å². The van der Waals surface area contributed by atoms with Crippen molar-refractivity contribution in [2.45, 2.75) is 56.6 Å². The Labute approximate surface area is 102 Å². The molecule has 2 nitrogen and oxygen atoms in total. The van der Waals surface area contributed by atoms with Crippen LogP contribution in [0.5, 0.6) is 0 Å². The third-order valence-electron chi connectivity index (χ3n) is 4.43. The number of carbonyl (C=O) groups is 1. The van der Waals surface area contributed by atoms with Crippen LogP contribution in [-0.4, -0.2) is 21.6 Å². The zero-order chi connectivity index (χ0) is 11.6. The number of rotatable bonds is 3. The van der Waals surface area contributed by atoms with Gasteiger partial charge in [0, 0.05) is 0 Å². The molecule has 2 fully saturated rings. The van der Waals surface area contributed by atoms with Crippen molar-refractivity contribution in [1.82, 2.24) is 0 Å². The predicted molar refractivity (Wildman–Crippen MR) is 67.8 cm³/mol. The summed E-state index contributed by atoms with van der Waals surface area (Å²) in [7, 11) is 0. The molecule has 16 heavy (non-hydrogen) atoms. The molecule has 1 aliphatic carbocycles. The summed E-state index contributed by atoms with van der Waals surface area (Å²) in [6, 6.07) is 0. The van der Waals surface area contributed by atoms with Crippen LogP contribution in [0.1, 0.15) is 51.9 Å². The van der Waals surface area contributed by atoms with Crippen LogP contribution in [0.15, 0.2) is 0 Å². The molecular formula is C13H22O2S. The highest BCUT2D eigenvalue weighted by Crippen LogP contribution is 2.50. The van der Waals surface area contributed by atoms with Crippen molar-refractivity contribution in [3.05, 3.63) is 0 Å². The summed E-state index contributed by atoms with van der Waals surface area (Å²) in [6.45, 7) is 2.24. The number of aliphatic carboxylic acids is 1. The Morgan fingerprint density at radius 3 is 2.81 bits per heavy atom. The summed E-state index contributed by atoms with van der Waals surface area (Å²) in [5.74, 6) is 1.70. The van der Waals surface area contributed by atoms with Crippen LogP contribution < -0.4 is 0 Å². The quantitative estimate of drug-likeness (QED) is 0.822. The number of hydrogen-bond donors (Lipinski definition) is 1.